The van der Waals surface area contributed by atoms with Crippen molar-refractivity contribution in [3.63, 3.8) is 0 Å². The number of rotatable bonds is 5. The second-order valence-corrected chi connectivity index (χ2v) is 5.54. The Kier molecular flexibility index (Phi) is 4.79. The molecule has 0 aromatic heterocycles. The monoisotopic (exact) mass is 246 g/mol. The van der Waals surface area contributed by atoms with Crippen LogP contribution in [0.15, 0.2) is 30.3 Å². The molecule has 3 unspecified atom stereocenters. The molecular weight excluding hydrogens is 220 g/mol. The summed E-state index contributed by atoms with van der Waals surface area (Å²) in [6.45, 7) is 7.18. The maximum Gasteiger partial charge on any atom is 0.0475 e. The lowest BCUT2D eigenvalue weighted by Gasteiger charge is -2.34. The van der Waals surface area contributed by atoms with E-state index in [1.165, 1.54) is 31.5 Å². The Morgan fingerprint density at radius 3 is 2.56 bits per heavy atom. The Bertz CT molecular complexity index is 349. The highest BCUT2D eigenvalue weighted by atomic mass is 15.2. The number of hydrogen-bond donors (Lipinski definition) is 1. The minimum atomic E-state index is 0.446. The lowest BCUT2D eigenvalue weighted by atomic mass is 9.96. The van der Waals surface area contributed by atoms with Crippen molar-refractivity contribution in [3.8, 4) is 0 Å². The van der Waals surface area contributed by atoms with Crippen molar-refractivity contribution in [2.45, 2.75) is 38.8 Å². The fraction of sp³-hybridized carbons (Fsp3) is 0.625. The summed E-state index contributed by atoms with van der Waals surface area (Å²) >= 11 is 0. The van der Waals surface area contributed by atoms with E-state index in [4.69, 9.17) is 0 Å². The molecule has 1 heterocycles. The Morgan fingerprint density at radius 1 is 1.33 bits per heavy atom. The van der Waals surface area contributed by atoms with Gasteiger partial charge in [-0.1, -0.05) is 44.2 Å². The van der Waals surface area contributed by atoms with Crippen molar-refractivity contribution in [2.75, 3.05) is 20.1 Å². The van der Waals surface area contributed by atoms with E-state index >= 15 is 0 Å². The average Bonchev–Trinajstić information content (AvgIpc) is 2.83. The first-order chi connectivity index (χ1) is 8.76. The van der Waals surface area contributed by atoms with Gasteiger partial charge in [0, 0.05) is 18.6 Å². The molecule has 2 nitrogen and oxygen atoms in total. The van der Waals surface area contributed by atoms with Crippen molar-refractivity contribution in [2.24, 2.45) is 5.92 Å². The third-order valence-corrected chi connectivity index (χ3v) is 4.20. The molecule has 0 radical (unpaired) electrons. The Labute approximate surface area is 111 Å². The molecule has 2 heteroatoms. The maximum absolute atomic E-state index is 3.52. The summed E-state index contributed by atoms with van der Waals surface area (Å²) in [6.07, 6.45) is 2.55. The standard InChI is InChI=1S/C16H26N2/c1-4-15(18-11-10-13(2)12-18)16(17-3)14-8-6-5-7-9-14/h5-9,13,15-17H,4,10-12H2,1-3H3. The van der Waals surface area contributed by atoms with E-state index in [2.05, 4.69) is 61.4 Å². The minimum Gasteiger partial charge on any atom is -0.312 e. The molecule has 1 aliphatic heterocycles. The molecule has 0 amide bonds. The van der Waals surface area contributed by atoms with Gasteiger partial charge in [0.15, 0.2) is 0 Å². The van der Waals surface area contributed by atoms with Crippen LogP contribution in [-0.2, 0) is 0 Å². The van der Waals surface area contributed by atoms with Gasteiger partial charge in [-0.15, -0.1) is 0 Å². The van der Waals surface area contributed by atoms with Crippen LogP contribution in [0.25, 0.3) is 0 Å². The maximum atomic E-state index is 3.52. The summed E-state index contributed by atoms with van der Waals surface area (Å²) in [5, 5.41) is 3.52. The first-order valence-corrected chi connectivity index (χ1v) is 7.22. The van der Waals surface area contributed by atoms with E-state index < -0.39 is 0 Å². The van der Waals surface area contributed by atoms with E-state index in [1.54, 1.807) is 0 Å². The molecule has 1 aromatic carbocycles. The Hall–Kier alpha value is -0.860. The van der Waals surface area contributed by atoms with E-state index in [1.807, 2.05) is 0 Å². The molecule has 3 atom stereocenters. The summed E-state index contributed by atoms with van der Waals surface area (Å²) in [6, 6.07) is 11.9. The molecule has 0 saturated carbocycles. The fourth-order valence-electron chi connectivity index (χ4n) is 3.22. The molecule has 100 valence electrons. The fourth-order valence-corrected chi connectivity index (χ4v) is 3.22. The number of hydrogen-bond acceptors (Lipinski definition) is 2. The molecule has 1 aliphatic rings. The van der Waals surface area contributed by atoms with Crippen LogP contribution in [0.2, 0.25) is 0 Å². The van der Waals surface area contributed by atoms with Gasteiger partial charge in [-0.25, -0.2) is 0 Å². The molecule has 1 aromatic rings. The summed E-state index contributed by atoms with van der Waals surface area (Å²) < 4.78 is 0. The predicted octanol–water partition coefficient (Wildman–Crippen LogP) is 3.07. The van der Waals surface area contributed by atoms with Crippen LogP contribution >= 0.6 is 0 Å². The first kappa shape index (κ1) is 13.6. The van der Waals surface area contributed by atoms with Gasteiger partial charge < -0.3 is 5.32 Å². The zero-order valence-electron chi connectivity index (χ0n) is 11.9. The first-order valence-electron chi connectivity index (χ1n) is 7.22. The number of likely N-dealkylation sites (tertiary alicyclic amines) is 1. The van der Waals surface area contributed by atoms with Crippen LogP contribution in [-0.4, -0.2) is 31.1 Å². The van der Waals surface area contributed by atoms with Gasteiger partial charge in [-0.2, -0.15) is 0 Å². The molecular formula is C16H26N2. The molecule has 0 spiro atoms. The molecule has 0 bridgehead atoms. The zero-order valence-corrected chi connectivity index (χ0v) is 11.9. The third kappa shape index (κ3) is 2.93. The zero-order chi connectivity index (χ0) is 13.0. The Balaban J connectivity index is 2.14. The van der Waals surface area contributed by atoms with Crippen molar-refractivity contribution < 1.29 is 0 Å². The largest absolute Gasteiger partial charge is 0.312 e. The van der Waals surface area contributed by atoms with Gasteiger partial charge in [0.1, 0.15) is 0 Å². The van der Waals surface area contributed by atoms with Crippen molar-refractivity contribution >= 4 is 0 Å². The van der Waals surface area contributed by atoms with Crippen molar-refractivity contribution in [1.82, 2.24) is 10.2 Å². The number of nitrogens with zero attached hydrogens (tertiary/aromatic N) is 1. The molecule has 1 fully saturated rings. The van der Waals surface area contributed by atoms with Crippen molar-refractivity contribution in [3.05, 3.63) is 35.9 Å². The number of benzene rings is 1. The topological polar surface area (TPSA) is 15.3 Å². The molecule has 18 heavy (non-hydrogen) atoms. The van der Waals surface area contributed by atoms with Gasteiger partial charge in [-0.05, 0) is 37.9 Å². The quantitative estimate of drug-likeness (QED) is 0.859. The van der Waals surface area contributed by atoms with Crippen LogP contribution in [0, 0.1) is 5.92 Å². The second-order valence-electron chi connectivity index (χ2n) is 5.54. The highest BCUT2D eigenvalue weighted by molar-refractivity contribution is 5.20. The van der Waals surface area contributed by atoms with Crippen molar-refractivity contribution in [1.29, 1.82) is 0 Å². The van der Waals surface area contributed by atoms with E-state index in [9.17, 15) is 0 Å². The van der Waals surface area contributed by atoms with Gasteiger partial charge in [-0.3, -0.25) is 4.90 Å². The number of likely N-dealkylation sites (N-methyl/N-ethyl adjacent to an activating group) is 1. The van der Waals surface area contributed by atoms with Crippen LogP contribution in [0.4, 0.5) is 0 Å². The van der Waals surface area contributed by atoms with E-state index in [0.717, 1.165) is 5.92 Å². The second kappa shape index (κ2) is 6.35. The molecule has 2 rings (SSSR count). The third-order valence-electron chi connectivity index (χ3n) is 4.20. The van der Waals surface area contributed by atoms with Gasteiger partial charge in [0.25, 0.3) is 0 Å². The van der Waals surface area contributed by atoms with Crippen LogP contribution in [0.1, 0.15) is 38.3 Å². The van der Waals surface area contributed by atoms with Gasteiger partial charge in [0.2, 0.25) is 0 Å². The van der Waals surface area contributed by atoms with Gasteiger partial charge in [0.05, 0.1) is 0 Å². The smallest absolute Gasteiger partial charge is 0.0475 e. The van der Waals surface area contributed by atoms with Crippen LogP contribution in [0.5, 0.6) is 0 Å². The summed E-state index contributed by atoms with van der Waals surface area (Å²) in [5.41, 5.74) is 1.41. The normalized spacial score (nSPS) is 24.1. The van der Waals surface area contributed by atoms with Crippen LogP contribution in [0.3, 0.4) is 0 Å². The molecule has 1 N–H and O–H groups in total. The average molecular weight is 246 g/mol. The predicted molar refractivity (Wildman–Crippen MR) is 77.7 cm³/mol. The lowest BCUT2D eigenvalue weighted by Crippen LogP contribution is -2.42. The Morgan fingerprint density at radius 2 is 2.06 bits per heavy atom. The molecule has 0 aliphatic carbocycles. The molecule has 1 saturated heterocycles. The highest BCUT2D eigenvalue weighted by Gasteiger charge is 2.30. The van der Waals surface area contributed by atoms with Crippen LogP contribution < -0.4 is 5.32 Å². The number of nitrogens with one attached hydrogen (secondary N) is 1. The van der Waals surface area contributed by atoms with E-state index in [0.29, 0.717) is 12.1 Å². The highest BCUT2D eigenvalue weighted by Crippen LogP contribution is 2.27. The summed E-state index contributed by atoms with van der Waals surface area (Å²) in [7, 11) is 2.08. The van der Waals surface area contributed by atoms with E-state index in [-0.39, 0.29) is 0 Å². The lowest BCUT2D eigenvalue weighted by molar-refractivity contribution is 0.185. The minimum absolute atomic E-state index is 0.446. The van der Waals surface area contributed by atoms with Gasteiger partial charge >= 0.3 is 0 Å². The summed E-state index contributed by atoms with van der Waals surface area (Å²) in [4.78, 5) is 2.67. The SMILES string of the molecule is CCC(C(NC)c1ccccc1)N1CCC(C)C1. The summed E-state index contributed by atoms with van der Waals surface area (Å²) in [5.74, 6) is 0.854.